The van der Waals surface area contributed by atoms with E-state index in [4.69, 9.17) is 9.47 Å². The van der Waals surface area contributed by atoms with Crippen LogP contribution in [-0.2, 0) is 9.47 Å². The van der Waals surface area contributed by atoms with Gasteiger partial charge in [0.25, 0.3) is 0 Å². The third-order valence-electron chi connectivity index (χ3n) is 17.5. The molecule has 0 aromatic rings. The third kappa shape index (κ3) is 5.86. The van der Waals surface area contributed by atoms with Crippen LogP contribution >= 0.6 is 0 Å². The molecule has 2 aliphatic heterocycles. The van der Waals surface area contributed by atoms with Gasteiger partial charge >= 0.3 is 0 Å². The molecule has 0 spiro atoms. The summed E-state index contributed by atoms with van der Waals surface area (Å²) in [5.74, 6) is 7.83. The Kier molecular flexibility index (Phi) is 8.09. The molecular formula is C44H68N4O2. The largest absolute Gasteiger partial charge is 0.369 e. The molecule has 276 valence electrons. The highest BCUT2D eigenvalue weighted by Crippen LogP contribution is 2.60. The molecule has 0 aromatic carbocycles. The number of fused-ring (bicyclic) bond motifs is 8. The van der Waals surface area contributed by atoms with Crippen molar-refractivity contribution >= 4 is 0 Å². The number of allylic oxidation sites excluding steroid dienone is 4. The van der Waals surface area contributed by atoms with Crippen molar-refractivity contribution in [2.45, 2.75) is 175 Å². The van der Waals surface area contributed by atoms with Crippen LogP contribution in [0.5, 0.6) is 0 Å². The molecule has 14 rings (SSSR count). The SMILES string of the molecule is CN(C1CC1)[C@@H]1C[C@@H]2C=CC[C@H]12.CN(C1CC1)[C@@H]1C[C@H]2[C@@H]1C[C@@H]1O[C@H]21.CN(C1CC1)[C@H]1C[C@@H]2[C@H]1C[C@H]1O[C@@H]21.CN(C1CC1)[C@H]1C[C@H]2C=CC[C@H]21. The molecule has 2 heterocycles. The van der Waals surface area contributed by atoms with Crippen LogP contribution in [0, 0.1) is 47.3 Å². The zero-order chi connectivity index (χ0) is 33.4. The number of hydrogen-bond donors (Lipinski definition) is 0. The van der Waals surface area contributed by atoms with Crippen molar-refractivity contribution in [1.29, 1.82) is 0 Å². The molecule has 12 fully saturated rings. The van der Waals surface area contributed by atoms with Crippen molar-refractivity contribution in [1.82, 2.24) is 19.6 Å². The van der Waals surface area contributed by atoms with Gasteiger partial charge in [-0.05, 0) is 178 Å². The number of rotatable bonds is 8. The minimum absolute atomic E-state index is 0.688. The summed E-state index contributed by atoms with van der Waals surface area (Å²) in [6.07, 6.45) is 35.2. The average molecular weight is 685 g/mol. The second-order valence-corrected chi connectivity index (χ2v) is 20.2. The Morgan fingerprint density at radius 3 is 1.04 bits per heavy atom. The maximum absolute atomic E-state index is 5.57. The Hall–Kier alpha value is -0.760. The van der Waals surface area contributed by atoms with Crippen LogP contribution < -0.4 is 0 Å². The third-order valence-corrected chi connectivity index (χ3v) is 17.5. The lowest BCUT2D eigenvalue weighted by atomic mass is 9.70. The molecule has 14 aliphatic rings. The summed E-state index contributed by atoms with van der Waals surface area (Å²) in [5, 5.41) is 0. The molecule has 10 saturated carbocycles. The molecular weight excluding hydrogens is 617 g/mol. The topological polar surface area (TPSA) is 38.0 Å². The molecule has 0 bridgehead atoms. The van der Waals surface area contributed by atoms with E-state index in [1.54, 1.807) is 0 Å². The van der Waals surface area contributed by atoms with E-state index in [0.717, 1.165) is 95.7 Å². The highest BCUT2D eigenvalue weighted by molar-refractivity contribution is 5.16. The summed E-state index contributed by atoms with van der Waals surface area (Å²) in [6.45, 7) is 0. The minimum atomic E-state index is 0.688. The zero-order valence-electron chi connectivity index (χ0n) is 31.8. The van der Waals surface area contributed by atoms with E-state index >= 15 is 0 Å². The van der Waals surface area contributed by atoms with E-state index in [-0.39, 0.29) is 0 Å². The van der Waals surface area contributed by atoms with Gasteiger partial charge < -0.3 is 29.1 Å². The Morgan fingerprint density at radius 2 is 0.740 bits per heavy atom. The Labute approximate surface area is 303 Å². The fraction of sp³-hybridized carbons (Fsp3) is 0.909. The molecule has 0 aromatic heterocycles. The van der Waals surface area contributed by atoms with E-state index in [9.17, 15) is 0 Å². The highest BCUT2D eigenvalue weighted by Gasteiger charge is 2.65. The lowest BCUT2D eigenvalue weighted by molar-refractivity contribution is -0.00495. The van der Waals surface area contributed by atoms with Gasteiger partial charge in [-0.1, -0.05) is 24.3 Å². The first-order chi connectivity index (χ1) is 24.4. The molecule has 16 atom stereocenters. The molecule has 0 unspecified atom stereocenters. The van der Waals surface area contributed by atoms with Gasteiger partial charge in [0.1, 0.15) is 0 Å². The first-order valence-electron chi connectivity index (χ1n) is 21.9. The van der Waals surface area contributed by atoms with Crippen LogP contribution in [0.15, 0.2) is 24.3 Å². The fourth-order valence-corrected chi connectivity index (χ4v) is 13.1. The maximum Gasteiger partial charge on any atom is 0.0873 e. The van der Waals surface area contributed by atoms with E-state index in [2.05, 4.69) is 72.1 Å². The van der Waals surface area contributed by atoms with Crippen LogP contribution in [0.25, 0.3) is 0 Å². The van der Waals surface area contributed by atoms with Gasteiger partial charge in [-0.15, -0.1) is 0 Å². The summed E-state index contributed by atoms with van der Waals surface area (Å²) in [6, 6.07) is 7.51. The Morgan fingerprint density at radius 1 is 0.400 bits per heavy atom. The summed E-state index contributed by atoms with van der Waals surface area (Å²) in [7, 11) is 9.33. The number of ether oxygens (including phenoxy) is 2. The summed E-state index contributed by atoms with van der Waals surface area (Å²) >= 11 is 0. The zero-order valence-corrected chi connectivity index (χ0v) is 31.8. The quantitative estimate of drug-likeness (QED) is 0.212. The summed E-state index contributed by atoms with van der Waals surface area (Å²) in [4.78, 5) is 10.6. The van der Waals surface area contributed by atoms with Crippen LogP contribution in [0.2, 0.25) is 0 Å². The van der Waals surface area contributed by atoms with E-state index in [1.165, 1.54) is 103 Å². The first kappa shape index (κ1) is 32.7. The average Bonchev–Trinajstić information content (AvgIpc) is 3.89. The van der Waals surface area contributed by atoms with Crippen molar-refractivity contribution in [2.24, 2.45) is 47.3 Å². The number of nitrogens with zero attached hydrogens (tertiary/aromatic N) is 4. The van der Waals surface area contributed by atoms with Crippen molar-refractivity contribution in [3.8, 4) is 0 Å². The van der Waals surface area contributed by atoms with Gasteiger partial charge in [-0.2, -0.15) is 0 Å². The predicted octanol–water partition coefficient (Wildman–Crippen LogP) is 6.60. The maximum atomic E-state index is 5.57. The molecule has 6 nitrogen and oxygen atoms in total. The van der Waals surface area contributed by atoms with Crippen LogP contribution in [0.1, 0.15) is 103 Å². The smallest absolute Gasteiger partial charge is 0.0873 e. The van der Waals surface area contributed by atoms with Crippen LogP contribution in [-0.4, -0.2) is 121 Å². The van der Waals surface area contributed by atoms with Crippen molar-refractivity contribution in [3.63, 3.8) is 0 Å². The summed E-state index contributed by atoms with van der Waals surface area (Å²) < 4.78 is 11.1. The van der Waals surface area contributed by atoms with Gasteiger partial charge in [-0.3, -0.25) is 0 Å². The van der Waals surface area contributed by atoms with E-state index in [1.807, 2.05) is 0 Å². The van der Waals surface area contributed by atoms with Gasteiger partial charge in [-0.25, -0.2) is 0 Å². The summed E-state index contributed by atoms with van der Waals surface area (Å²) in [5.41, 5.74) is 0. The molecule has 0 N–H and O–H groups in total. The monoisotopic (exact) mass is 685 g/mol. The predicted molar refractivity (Wildman–Crippen MR) is 199 cm³/mol. The van der Waals surface area contributed by atoms with Crippen molar-refractivity contribution in [2.75, 3.05) is 28.2 Å². The fourth-order valence-electron chi connectivity index (χ4n) is 13.1. The molecule has 2 saturated heterocycles. The van der Waals surface area contributed by atoms with Gasteiger partial charge in [0.2, 0.25) is 0 Å². The first-order valence-corrected chi connectivity index (χ1v) is 21.9. The lowest BCUT2D eigenvalue weighted by Gasteiger charge is -2.47. The normalized spacial score (nSPS) is 51.2. The van der Waals surface area contributed by atoms with Crippen LogP contribution in [0.3, 0.4) is 0 Å². The van der Waals surface area contributed by atoms with Crippen LogP contribution in [0.4, 0.5) is 0 Å². The minimum Gasteiger partial charge on any atom is -0.369 e. The molecule has 12 aliphatic carbocycles. The Balaban J connectivity index is 0.0000000801. The molecule has 50 heavy (non-hydrogen) atoms. The highest BCUT2D eigenvalue weighted by atomic mass is 16.6. The second kappa shape index (κ2) is 12.4. The van der Waals surface area contributed by atoms with Gasteiger partial charge in [0.05, 0.1) is 24.4 Å². The van der Waals surface area contributed by atoms with Crippen molar-refractivity contribution < 1.29 is 9.47 Å². The lowest BCUT2D eigenvalue weighted by Crippen LogP contribution is -2.51. The molecule has 0 radical (unpaired) electrons. The van der Waals surface area contributed by atoms with E-state index in [0.29, 0.717) is 24.4 Å². The molecule has 6 heteroatoms. The number of epoxide rings is 2. The van der Waals surface area contributed by atoms with Gasteiger partial charge in [0, 0.05) is 48.3 Å². The van der Waals surface area contributed by atoms with Gasteiger partial charge in [0.15, 0.2) is 0 Å². The van der Waals surface area contributed by atoms with Crippen molar-refractivity contribution in [3.05, 3.63) is 24.3 Å². The Bertz CT molecular complexity index is 1230. The standard InChI is InChI=1S/2C11H17NO.2C11H17N/c2*1-12(6-2-3-6)9-4-8-7(9)5-10-11(8)13-10;2*1-12(9-5-6-9)11-7-8-3-2-4-10(8)11/h2*6-11H,2-5H2,1H3;2*2-3,8-11H,4-7H2,1H3/t2*7-,8-,9+,10-,11+;2*8-,10-,11+/m1010/s1. The molecule has 0 amide bonds. The van der Waals surface area contributed by atoms with E-state index < -0.39 is 0 Å². The second-order valence-electron chi connectivity index (χ2n) is 20.2. The number of hydrogen-bond acceptors (Lipinski definition) is 6.